The van der Waals surface area contributed by atoms with Crippen LogP contribution in [0.15, 0.2) is 0 Å². The van der Waals surface area contributed by atoms with Crippen molar-refractivity contribution in [1.82, 2.24) is 14.7 Å². The number of ether oxygens (including phenoxy) is 1. The lowest BCUT2D eigenvalue weighted by Gasteiger charge is -2.38. The minimum Gasteiger partial charge on any atom is -0.379 e. The second-order valence-electron chi connectivity index (χ2n) is 7.10. The number of hydrogen-bond acceptors (Lipinski definition) is 4. The third kappa shape index (κ3) is 5.97. The van der Waals surface area contributed by atoms with Crippen LogP contribution in [0.25, 0.3) is 0 Å². The number of morpholine rings is 1. The Morgan fingerprint density at radius 3 is 1.86 bits per heavy atom. The first-order chi connectivity index (χ1) is 10.4. The van der Waals surface area contributed by atoms with Crippen molar-refractivity contribution in [3.8, 4) is 0 Å². The number of hydrogen-bond donors (Lipinski definition) is 0. The Hall–Kier alpha value is 0.130. The standard InChI is InChI=1S/C17H33N3O.ClH/c1-2-4-17(5-3-1)16-20-10-8-18(9-11-20)6-7-19-12-14-21-15-13-19;/h17H,1-16H2;1H. The SMILES string of the molecule is C1CCC(CN2CCN(CCN3CCOCC3)CC2)CC1.Cl. The van der Waals surface area contributed by atoms with Crippen LogP contribution < -0.4 is 0 Å². The summed E-state index contributed by atoms with van der Waals surface area (Å²) in [6.45, 7) is 13.1. The second kappa shape index (κ2) is 10.1. The first-order valence-corrected chi connectivity index (χ1v) is 9.15. The average Bonchev–Trinajstić information content (AvgIpc) is 2.56. The van der Waals surface area contributed by atoms with Gasteiger partial charge >= 0.3 is 0 Å². The summed E-state index contributed by atoms with van der Waals surface area (Å²) in [4.78, 5) is 7.94. The molecule has 1 aliphatic carbocycles. The van der Waals surface area contributed by atoms with E-state index < -0.39 is 0 Å². The van der Waals surface area contributed by atoms with Gasteiger partial charge < -0.3 is 9.64 Å². The van der Waals surface area contributed by atoms with Crippen LogP contribution in [-0.4, -0.2) is 86.8 Å². The van der Waals surface area contributed by atoms with Gasteiger partial charge in [0.1, 0.15) is 0 Å². The maximum absolute atomic E-state index is 5.42. The van der Waals surface area contributed by atoms with Gasteiger partial charge in [-0.1, -0.05) is 19.3 Å². The normalized spacial score (nSPS) is 26.7. The third-order valence-corrected chi connectivity index (χ3v) is 5.54. The summed E-state index contributed by atoms with van der Waals surface area (Å²) in [7, 11) is 0. The topological polar surface area (TPSA) is 19.0 Å². The molecule has 2 saturated heterocycles. The molecule has 3 fully saturated rings. The molecule has 130 valence electrons. The molecule has 0 atom stereocenters. The van der Waals surface area contributed by atoms with E-state index >= 15 is 0 Å². The van der Waals surface area contributed by atoms with E-state index in [1.807, 2.05) is 0 Å². The molecule has 2 aliphatic heterocycles. The van der Waals surface area contributed by atoms with E-state index in [9.17, 15) is 0 Å². The smallest absolute Gasteiger partial charge is 0.0594 e. The van der Waals surface area contributed by atoms with Crippen molar-refractivity contribution in [2.24, 2.45) is 5.92 Å². The van der Waals surface area contributed by atoms with Gasteiger partial charge in [-0.2, -0.15) is 0 Å². The van der Waals surface area contributed by atoms with Crippen molar-refractivity contribution in [3.63, 3.8) is 0 Å². The van der Waals surface area contributed by atoms with Crippen molar-refractivity contribution in [1.29, 1.82) is 0 Å². The van der Waals surface area contributed by atoms with E-state index in [1.54, 1.807) is 0 Å². The Morgan fingerprint density at radius 1 is 0.682 bits per heavy atom. The molecule has 4 nitrogen and oxygen atoms in total. The second-order valence-corrected chi connectivity index (χ2v) is 7.10. The average molecular weight is 332 g/mol. The third-order valence-electron chi connectivity index (χ3n) is 5.54. The summed E-state index contributed by atoms with van der Waals surface area (Å²) in [5.74, 6) is 0.999. The van der Waals surface area contributed by atoms with Gasteiger partial charge in [0.25, 0.3) is 0 Å². The molecule has 0 aromatic carbocycles. The first kappa shape index (κ1) is 18.5. The van der Waals surface area contributed by atoms with E-state index in [0.29, 0.717) is 0 Å². The van der Waals surface area contributed by atoms with Crippen LogP contribution in [-0.2, 0) is 4.74 Å². The van der Waals surface area contributed by atoms with E-state index in [-0.39, 0.29) is 12.4 Å². The fourth-order valence-corrected chi connectivity index (χ4v) is 4.04. The monoisotopic (exact) mass is 331 g/mol. The van der Waals surface area contributed by atoms with Gasteiger partial charge in [-0.25, -0.2) is 0 Å². The summed E-state index contributed by atoms with van der Waals surface area (Å²) < 4.78 is 5.42. The number of nitrogens with zero attached hydrogens (tertiary/aromatic N) is 3. The molecule has 0 bridgehead atoms. The Kier molecular flexibility index (Phi) is 8.47. The number of halogens is 1. The highest BCUT2D eigenvalue weighted by atomic mass is 35.5. The Morgan fingerprint density at radius 2 is 1.23 bits per heavy atom. The largest absolute Gasteiger partial charge is 0.379 e. The molecule has 0 N–H and O–H groups in total. The summed E-state index contributed by atoms with van der Waals surface area (Å²) >= 11 is 0. The minimum atomic E-state index is 0. The van der Waals surface area contributed by atoms with Gasteiger partial charge in [0.2, 0.25) is 0 Å². The van der Waals surface area contributed by atoms with Crippen LogP contribution in [0.1, 0.15) is 32.1 Å². The quantitative estimate of drug-likeness (QED) is 0.766. The Bertz CT molecular complexity index is 286. The summed E-state index contributed by atoms with van der Waals surface area (Å²) in [5, 5.41) is 0. The van der Waals surface area contributed by atoms with Gasteiger partial charge in [0, 0.05) is 58.9 Å². The van der Waals surface area contributed by atoms with Crippen LogP contribution in [0, 0.1) is 5.92 Å². The molecule has 0 spiro atoms. The van der Waals surface area contributed by atoms with Crippen LogP contribution in [0.5, 0.6) is 0 Å². The maximum atomic E-state index is 5.42. The molecule has 2 heterocycles. The van der Waals surface area contributed by atoms with Gasteiger partial charge in [0.15, 0.2) is 0 Å². The molecule has 5 heteroatoms. The van der Waals surface area contributed by atoms with Crippen molar-refractivity contribution >= 4 is 12.4 Å². The molecule has 3 rings (SSSR count). The van der Waals surface area contributed by atoms with Crippen LogP contribution in [0.4, 0.5) is 0 Å². The zero-order chi connectivity index (χ0) is 14.3. The molecule has 0 aromatic heterocycles. The van der Waals surface area contributed by atoms with Crippen LogP contribution in [0.2, 0.25) is 0 Å². The molecule has 0 aromatic rings. The lowest BCUT2D eigenvalue weighted by atomic mass is 9.89. The van der Waals surface area contributed by atoms with Crippen LogP contribution in [0.3, 0.4) is 0 Å². The van der Waals surface area contributed by atoms with Crippen molar-refractivity contribution in [3.05, 3.63) is 0 Å². The highest BCUT2D eigenvalue weighted by molar-refractivity contribution is 5.85. The lowest BCUT2D eigenvalue weighted by Crippen LogP contribution is -2.50. The predicted molar refractivity (Wildman–Crippen MR) is 94.0 cm³/mol. The molecule has 22 heavy (non-hydrogen) atoms. The maximum Gasteiger partial charge on any atom is 0.0594 e. The molecule has 1 saturated carbocycles. The van der Waals surface area contributed by atoms with Crippen LogP contribution >= 0.6 is 12.4 Å². The van der Waals surface area contributed by atoms with Crippen molar-refractivity contribution < 1.29 is 4.74 Å². The van der Waals surface area contributed by atoms with Gasteiger partial charge in [0.05, 0.1) is 13.2 Å². The predicted octanol–water partition coefficient (Wildman–Crippen LogP) is 1.94. The van der Waals surface area contributed by atoms with Gasteiger partial charge in [-0.15, -0.1) is 12.4 Å². The van der Waals surface area contributed by atoms with E-state index in [1.165, 1.54) is 77.9 Å². The Labute approximate surface area is 142 Å². The van der Waals surface area contributed by atoms with E-state index in [4.69, 9.17) is 4.74 Å². The minimum absolute atomic E-state index is 0. The van der Waals surface area contributed by atoms with Gasteiger partial charge in [-0.05, 0) is 18.8 Å². The highest BCUT2D eigenvalue weighted by Gasteiger charge is 2.21. The fraction of sp³-hybridized carbons (Fsp3) is 1.00. The molecule has 0 amide bonds. The summed E-state index contributed by atoms with van der Waals surface area (Å²) in [5.41, 5.74) is 0. The van der Waals surface area contributed by atoms with Crippen molar-refractivity contribution in [2.75, 3.05) is 72.1 Å². The fourth-order valence-electron chi connectivity index (χ4n) is 4.04. The van der Waals surface area contributed by atoms with E-state index in [0.717, 1.165) is 32.2 Å². The number of piperazine rings is 1. The molecule has 3 aliphatic rings. The lowest BCUT2D eigenvalue weighted by molar-refractivity contribution is 0.0291. The highest BCUT2D eigenvalue weighted by Crippen LogP contribution is 2.24. The zero-order valence-electron chi connectivity index (χ0n) is 14.0. The summed E-state index contributed by atoms with van der Waals surface area (Å²) in [6.07, 6.45) is 7.40. The molecule has 0 unspecified atom stereocenters. The molecule has 0 radical (unpaired) electrons. The Balaban J connectivity index is 0.00000176. The number of rotatable bonds is 5. The zero-order valence-corrected chi connectivity index (χ0v) is 14.9. The summed E-state index contributed by atoms with van der Waals surface area (Å²) in [6, 6.07) is 0. The van der Waals surface area contributed by atoms with E-state index in [2.05, 4.69) is 14.7 Å². The first-order valence-electron chi connectivity index (χ1n) is 9.15. The molecular formula is C17H34ClN3O. The van der Waals surface area contributed by atoms with Crippen molar-refractivity contribution in [2.45, 2.75) is 32.1 Å². The van der Waals surface area contributed by atoms with Gasteiger partial charge in [-0.3, -0.25) is 9.80 Å². The molecular weight excluding hydrogens is 298 g/mol.